The largest absolute Gasteiger partial charge is 0.506 e. The third kappa shape index (κ3) is 4.28. The van der Waals surface area contributed by atoms with Crippen LogP contribution in [0.5, 0.6) is 11.5 Å². The average Bonchev–Trinajstić information content (AvgIpc) is 2.98. The number of hydrogen-bond donors (Lipinski definition) is 2. The third-order valence-corrected chi connectivity index (χ3v) is 4.82. The van der Waals surface area contributed by atoms with Crippen molar-refractivity contribution < 1.29 is 14.3 Å². The zero-order chi connectivity index (χ0) is 18.7. The Morgan fingerprint density at radius 1 is 1.27 bits per heavy atom. The molecule has 0 amide bonds. The van der Waals surface area contributed by atoms with Crippen LogP contribution in [0, 0.1) is 4.84 Å². The van der Waals surface area contributed by atoms with E-state index in [2.05, 4.69) is 42.3 Å². The Balaban J connectivity index is 1.78. The van der Waals surface area contributed by atoms with Gasteiger partial charge in [-0.3, -0.25) is 0 Å². The average molecular weight is 501 g/mol. The van der Waals surface area contributed by atoms with Crippen LogP contribution in [0.2, 0.25) is 0 Å². The first-order valence-corrected chi connectivity index (χ1v) is 9.70. The maximum absolute atomic E-state index is 10.2. The van der Waals surface area contributed by atoms with Crippen molar-refractivity contribution in [3.05, 3.63) is 50.2 Å². The Morgan fingerprint density at radius 2 is 2.00 bits per heavy atom. The number of phenols is 1. The van der Waals surface area contributed by atoms with E-state index in [9.17, 15) is 5.11 Å². The zero-order valence-corrected chi connectivity index (χ0v) is 17.7. The van der Waals surface area contributed by atoms with Crippen LogP contribution >= 0.6 is 44.1 Å². The number of halogens is 2. The van der Waals surface area contributed by atoms with Crippen molar-refractivity contribution in [2.75, 3.05) is 11.9 Å². The van der Waals surface area contributed by atoms with Gasteiger partial charge >= 0.3 is 0 Å². The Hall–Kier alpha value is -1.84. The van der Waals surface area contributed by atoms with Crippen molar-refractivity contribution >= 4 is 49.8 Å². The summed E-state index contributed by atoms with van der Waals surface area (Å²) in [5, 5.41) is 17.8. The van der Waals surface area contributed by atoms with Gasteiger partial charge in [-0.1, -0.05) is 15.9 Å². The van der Waals surface area contributed by atoms with Crippen molar-refractivity contribution in [1.82, 2.24) is 9.78 Å². The molecule has 0 unspecified atom stereocenters. The highest BCUT2D eigenvalue weighted by molar-refractivity contribution is 9.11. The molecule has 0 atom stereocenters. The standard InChI is InChI=1S/C17H15Br2N3O3S/c1-2-24-12-5-3-11(4-6-12)20-9-22-17(26)25-16(21-22)13-7-10(18)8-14(19)15(13)23/h3-8,20,23H,2,9H2,1H3. The number of aromatic nitrogens is 2. The van der Waals surface area contributed by atoms with Gasteiger partial charge in [-0.05, 0) is 71.5 Å². The van der Waals surface area contributed by atoms with Gasteiger partial charge in [0.05, 0.1) is 16.6 Å². The van der Waals surface area contributed by atoms with Crippen molar-refractivity contribution in [2.45, 2.75) is 13.6 Å². The second kappa shape index (κ2) is 8.24. The molecule has 2 aromatic carbocycles. The monoisotopic (exact) mass is 499 g/mol. The smallest absolute Gasteiger partial charge is 0.289 e. The van der Waals surface area contributed by atoms with Crippen LogP contribution < -0.4 is 10.1 Å². The molecule has 0 radical (unpaired) electrons. The summed E-state index contributed by atoms with van der Waals surface area (Å²) in [5.41, 5.74) is 1.34. The summed E-state index contributed by atoms with van der Waals surface area (Å²) < 4.78 is 13.8. The summed E-state index contributed by atoms with van der Waals surface area (Å²) in [6.45, 7) is 2.89. The molecule has 3 rings (SSSR count). The summed E-state index contributed by atoms with van der Waals surface area (Å²) in [6.07, 6.45) is 0. The van der Waals surface area contributed by atoms with Crippen LogP contribution in [0.3, 0.4) is 0 Å². The van der Waals surface area contributed by atoms with Crippen LogP contribution in [-0.2, 0) is 6.67 Å². The summed E-state index contributed by atoms with van der Waals surface area (Å²) >= 11 is 11.9. The molecule has 0 saturated carbocycles. The Morgan fingerprint density at radius 3 is 2.69 bits per heavy atom. The lowest BCUT2D eigenvalue weighted by Crippen LogP contribution is -2.09. The first-order chi connectivity index (χ1) is 12.5. The van der Waals surface area contributed by atoms with E-state index in [1.807, 2.05) is 31.2 Å². The molecule has 0 aliphatic carbocycles. The van der Waals surface area contributed by atoms with Crippen molar-refractivity contribution in [2.24, 2.45) is 0 Å². The molecule has 6 nitrogen and oxygen atoms in total. The van der Waals surface area contributed by atoms with Gasteiger partial charge in [-0.2, -0.15) is 0 Å². The van der Waals surface area contributed by atoms with Gasteiger partial charge in [0.1, 0.15) is 18.2 Å². The van der Waals surface area contributed by atoms with E-state index >= 15 is 0 Å². The minimum Gasteiger partial charge on any atom is -0.506 e. The lowest BCUT2D eigenvalue weighted by Gasteiger charge is -2.07. The lowest BCUT2D eigenvalue weighted by atomic mass is 10.2. The van der Waals surface area contributed by atoms with E-state index in [4.69, 9.17) is 21.4 Å². The predicted octanol–water partition coefficient (Wildman–Crippen LogP) is 5.57. The van der Waals surface area contributed by atoms with Gasteiger partial charge in [0.2, 0.25) is 0 Å². The second-order valence-electron chi connectivity index (χ2n) is 5.25. The van der Waals surface area contributed by atoms with Gasteiger partial charge < -0.3 is 19.6 Å². The Labute approximate surface area is 172 Å². The van der Waals surface area contributed by atoms with Crippen molar-refractivity contribution in [3.8, 4) is 23.0 Å². The molecule has 0 aliphatic heterocycles. The number of nitrogens with one attached hydrogen (secondary N) is 1. The third-order valence-electron chi connectivity index (χ3n) is 3.46. The summed E-state index contributed by atoms with van der Waals surface area (Å²) in [6, 6.07) is 11.0. The molecule has 9 heteroatoms. The summed E-state index contributed by atoms with van der Waals surface area (Å²) in [7, 11) is 0. The number of rotatable bonds is 6. The van der Waals surface area contributed by atoms with Crippen LogP contribution in [0.15, 0.2) is 49.8 Å². The molecule has 3 aromatic rings. The Kier molecular flexibility index (Phi) is 6.00. The molecule has 0 spiro atoms. The van der Waals surface area contributed by atoms with Crippen LogP contribution in [0.25, 0.3) is 11.5 Å². The number of aromatic hydroxyl groups is 1. The van der Waals surface area contributed by atoms with Gasteiger partial charge in [-0.15, -0.1) is 5.10 Å². The van der Waals surface area contributed by atoms with Crippen LogP contribution in [0.1, 0.15) is 6.92 Å². The molecule has 2 N–H and O–H groups in total. The molecule has 0 bridgehead atoms. The normalized spacial score (nSPS) is 10.7. The van der Waals surface area contributed by atoms with Gasteiger partial charge in [-0.25, -0.2) is 4.68 Å². The van der Waals surface area contributed by atoms with Crippen LogP contribution in [0.4, 0.5) is 5.69 Å². The number of ether oxygens (including phenoxy) is 1. The number of benzene rings is 2. The highest BCUT2D eigenvalue weighted by atomic mass is 79.9. The topological polar surface area (TPSA) is 72.5 Å². The number of hydrogen-bond acceptors (Lipinski definition) is 6. The molecule has 1 aromatic heterocycles. The molecule has 0 aliphatic rings. The highest BCUT2D eigenvalue weighted by Gasteiger charge is 2.16. The fourth-order valence-corrected chi connectivity index (χ4v) is 3.66. The molecular weight excluding hydrogens is 486 g/mol. The van der Waals surface area contributed by atoms with E-state index in [-0.39, 0.29) is 16.5 Å². The SMILES string of the molecule is CCOc1ccc(NCn2nc(-c3cc(Br)cc(Br)c3O)oc2=S)cc1. The molecule has 1 heterocycles. The maximum atomic E-state index is 10.2. The quantitative estimate of drug-likeness (QED) is 0.431. The molecule has 26 heavy (non-hydrogen) atoms. The number of anilines is 1. The predicted molar refractivity (Wildman–Crippen MR) is 109 cm³/mol. The molecule has 0 fully saturated rings. The molecule has 0 saturated heterocycles. The zero-order valence-electron chi connectivity index (χ0n) is 13.7. The Bertz CT molecular complexity index is 970. The van der Waals surface area contributed by atoms with Gasteiger partial charge in [0, 0.05) is 10.2 Å². The maximum Gasteiger partial charge on any atom is 0.289 e. The lowest BCUT2D eigenvalue weighted by molar-refractivity contribution is 0.340. The molecular formula is C17H15Br2N3O3S. The fourth-order valence-electron chi connectivity index (χ4n) is 2.25. The van der Waals surface area contributed by atoms with E-state index in [0.717, 1.165) is 15.9 Å². The highest BCUT2D eigenvalue weighted by Crippen LogP contribution is 2.37. The first-order valence-electron chi connectivity index (χ1n) is 7.71. The molecule has 136 valence electrons. The fraction of sp³-hybridized carbons (Fsp3) is 0.176. The van der Waals surface area contributed by atoms with Gasteiger partial charge in [0.25, 0.3) is 10.7 Å². The van der Waals surface area contributed by atoms with E-state index in [0.29, 0.717) is 23.3 Å². The summed E-state index contributed by atoms with van der Waals surface area (Å²) in [4.78, 5) is 0.203. The van der Waals surface area contributed by atoms with E-state index in [1.165, 1.54) is 4.68 Å². The van der Waals surface area contributed by atoms with E-state index < -0.39 is 0 Å². The van der Waals surface area contributed by atoms with Crippen LogP contribution in [-0.4, -0.2) is 21.5 Å². The summed E-state index contributed by atoms with van der Waals surface area (Å²) in [5.74, 6) is 1.09. The number of nitrogens with zero attached hydrogens (tertiary/aromatic N) is 2. The second-order valence-corrected chi connectivity index (χ2v) is 7.37. The van der Waals surface area contributed by atoms with E-state index in [1.54, 1.807) is 12.1 Å². The minimum atomic E-state index is 0.0380. The van der Waals surface area contributed by atoms with Gasteiger partial charge in [0.15, 0.2) is 0 Å². The first kappa shape index (κ1) is 18.9. The van der Waals surface area contributed by atoms with Crippen molar-refractivity contribution in [1.29, 1.82) is 0 Å². The minimum absolute atomic E-state index is 0.0380. The van der Waals surface area contributed by atoms with Crippen molar-refractivity contribution in [3.63, 3.8) is 0 Å². The number of phenolic OH excluding ortho intramolecular Hbond substituents is 1.